The van der Waals surface area contributed by atoms with E-state index >= 15 is 0 Å². The van der Waals surface area contributed by atoms with Crippen LogP contribution in [0.5, 0.6) is 0 Å². The van der Waals surface area contributed by atoms with Crippen molar-refractivity contribution in [1.82, 2.24) is 4.37 Å². The Hall–Kier alpha value is -0.890. The first-order chi connectivity index (χ1) is 6.20. The summed E-state index contributed by atoms with van der Waals surface area (Å²) in [5.41, 5.74) is 3.88. The normalized spacial score (nSPS) is 11.4. The van der Waals surface area contributed by atoms with Gasteiger partial charge < -0.3 is 0 Å². The summed E-state index contributed by atoms with van der Waals surface area (Å²) in [6.45, 7) is 6.56. The average Bonchev–Trinajstić information content (AvgIpc) is 2.53. The predicted molar refractivity (Wildman–Crippen MR) is 58.4 cm³/mol. The molecule has 0 saturated carbocycles. The molecule has 0 radical (unpaired) electrons. The number of aryl methyl sites for hydroxylation is 1. The highest BCUT2D eigenvalue weighted by atomic mass is 32.1. The van der Waals surface area contributed by atoms with Crippen molar-refractivity contribution in [2.24, 2.45) is 0 Å². The molecule has 0 atom stereocenters. The molecule has 0 amide bonds. The van der Waals surface area contributed by atoms with Crippen LogP contribution >= 0.6 is 11.5 Å². The minimum absolute atomic E-state index is 0.560. The SMILES string of the molecule is Cc1ccc(C(C)C)c2nscc12. The summed E-state index contributed by atoms with van der Waals surface area (Å²) in [5, 5.41) is 3.45. The van der Waals surface area contributed by atoms with Crippen molar-refractivity contribution in [3.05, 3.63) is 28.6 Å². The Labute approximate surface area is 82.6 Å². The Morgan fingerprint density at radius 3 is 2.77 bits per heavy atom. The Bertz CT molecular complexity index is 429. The second-order valence-corrected chi connectivity index (χ2v) is 4.33. The Kier molecular flexibility index (Phi) is 2.08. The van der Waals surface area contributed by atoms with Gasteiger partial charge in [0.2, 0.25) is 0 Å². The molecule has 0 spiro atoms. The highest BCUT2D eigenvalue weighted by molar-refractivity contribution is 7.04. The van der Waals surface area contributed by atoms with Gasteiger partial charge in [0.05, 0.1) is 5.52 Å². The summed E-state index contributed by atoms with van der Waals surface area (Å²) < 4.78 is 4.44. The average molecular weight is 191 g/mol. The fourth-order valence-corrected chi connectivity index (χ4v) is 2.34. The smallest absolute Gasteiger partial charge is 0.0877 e. The third kappa shape index (κ3) is 1.35. The van der Waals surface area contributed by atoms with Gasteiger partial charge in [0.15, 0.2) is 0 Å². The molecule has 1 aromatic carbocycles. The molecule has 1 aromatic heterocycles. The van der Waals surface area contributed by atoms with Gasteiger partial charge in [0.1, 0.15) is 0 Å². The summed E-state index contributed by atoms with van der Waals surface area (Å²) in [6, 6.07) is 4.38. The van der Waals surface area contributed by atoms with Crippen molar-refractivity contribution in [3.63, 3.8) is 0 Å². The van der Waals surface area contributed by atoms with Crippen molar-refractivity contribution >= 4 is 22.4 Å². The molecule has 0 saturated heterocycles. The lowest BCUT2D eigenvalue weighted by Gasteiger charge is -2.06. The number of fused-ring (bicyclic) bond motifs is 1. The number of hydrogen-bond donors (Lipinski definition) is 0. The lowest BCUT2D eigenvalue weighted by Crippen LogP contribution is -1.89. The number of hydrogen-bond acceptors (Lipinski definition) is 2. The molecule has 0 unspecified atom stereocenters. The van der Waals surface area contributed by atoms with Crippen LogP contribution in [0.1, 0.15) is 30.9 Å². The van der Waals surface area contributed by atoms with E-state index in [1.807, 2.05) is 0 Å². The lowest BCUT2D eigenvalue weighted by atomic mass is 9.99. The first kappa shape index (κ1) is 8.70. The molecule has 0 fully saturated rings. The van der Waals surface area contributed by atoms with Gasteiger partial charge in [-0.3, -0.25) is 0 Å². The van der Waals surface area contributed by atoms with Crippen LogP contribution in [0.4, 0.5) is 0 Å². The maximum atomic E-state index is 4.44. The van der Waals surface area contributed by atoms with Crippen molar-refractivity contribution in [3.8, 4) is 0 Å². The summed E-state index contributed by atoms with van der Waals surface area (Å²) in [7, 11) is 0. The summed E-state index contributed by atoms with van der Waals surface area (Å²) in [5.74, 6) is 0.560. The maximum Gasteiger partial charge on any atom is 0.0877 e. The highest BCUT2D eigenvalue weighted by Crippen LogP contribution is 2.27. The molecule has 2 aromatic rings. The molecule has 0 bridgehead atoms. The first-order valence-electron chi connectivity index (χ1n) is 4.53. The molecule has 0 aliphatic carbocycles. The molecule has 1 heterocycles. The van der Waals surface area contributed by atoms with Crippen LogP contribution in [0.2, 0.25) is 0 Å². The zero-order valence-electron chi connectivity index (χ0n) is 8.16. The molecule has 0 aliphatic rings. The van der Waals surface area contributed by atoms with Crippen LogP contribution < -0.4 is 0 Å². The zero-order chi connectivity index (χ0) is 9.42. The first-order valence-corrected chi connectivity index (χ1v) is 5.37. The highest BCUT2D eigenvalue weighted by Gasteiger charge is 2.08. The van der Waals surface area contributed by atoms with Crippen molar-refractivity contribution in [2.45, 2.75) is 26.7 Å². The van der Waals surface area contributed by atoms with Crippen molar-refractivity contribution in [1.29, 1.82) is 0 Å². The third-order valence-corrected chi connectivity index (χ3v) is 3.03. The van der Waals surface area contributed by atoms with Gasteiger partial charge in [0.25, 0.3) is 0 Å². The number of nitrogens with zero attached hydrogens (tertiary/aromatic N) is 1. The zero-order valence-corrected chi connectivity index (χ0v) is 8.98. The van der Waals surface area contributed by atoms with Crippen LogP contribution in [0.25, 0.3) is 10.9 Å². The van der Waals surface area contributed by atoms with Gasteiger partial charge in [-0.1, -0.05) is 26.0 Å². The maximum absolute atomic E-state index is 4.44. The number of aromatic nitrogens is 1. The van der Waals surface area contributed by atoms with Crippen molar-refractivity contribution in [2.75, 3.05) is 0 Å². The third-order valence-electron chi connectivity index (χ3n) is 2.40. The van der Waals surface area contributed by atoms with Crippen LogP contribution in [0.15, 0.2) is 17.5 Å². The summed E-state index contributed by atoms with van der Waals surface area (Å²) in [6.07, 6.45) is 0. The van der Waals surface area contributed by atoms with E-state index in [0.29, 0.717) is 5.92 Å². The number of benzene rings is 1. The molecule has 2 heteroatoms. The standard InChI is InChI=1S/C11H13NS/c1-7(2)9-5-4-8(3)10-6-13-12-11(9)10/h4-7H,1-3H3. The number of rotatable bonds is 1. The van der Waals surface area contributed by atoms with Gasteiger partial charge in [-0.15, -0.1) is 0 Å². The Balaban J connectivity index is 2.78. The molecule has 1 nitrogen and oxygen atoms in total. The van der Waals surface area contributed by atoms with Gasteiger partial charge in [-0.25, -0.2) is 0 Å². The van der Waals surface area contributed by atoms with E-state index in [9.17, 15) is 0 Å². The van der Waals surface area contributed by atoms with Crippen LogP contribution in [-0.4, -0.2) is 4.37 Å². The molecule has 68 valence electrons. The fourth-order valence-electron chi connectivity index (χ4n) is 1.57. The molecule has 2 rings (SSSR count). The quantitative estimate of drug-likeness (QED) is 0.669. The molecular formula is C11H13NS. The van der Waals surface area contributed by atoms with Gasteiger partial charge in [-0.05, 0) is 35.5 Å². The van der Waals surface area contributed by atoms with Crippen molar-refractivity contribution < 1.29 is 0 Å². The lowest BCUT2D eigenvalue weighted by molar-refractivity contribution is 0.874. The van der Waals surface area contributed by atoms with E-state index in [1.54, 1.807) is 11.5 Å². The molecule has 0 aliphatic heterocycles. The minimum Gasteiger partial charge on any atom is -0.192 e. The van der Waals surface area contributed by atoms with Crippen LogP contribution in [0, 0.1) is 6.92 Å². The largest absolute Gasteiger partial charge is 0.192 e. The molecule has 0 N–H and O–H groups in total. The van der Waals surface area contributed by atoms with E-state index in [2.05, 4.69) is 42.7 Å². The predicted octanol–water partition coefficient (Wildman–Crippen LogP) is 3.73. The minimum atomic E-state index is 0.560. The molecule has 13 heavy (non-hydrogen) atoms. The second kappa shape index (κ2) is 3.11. The van der Waals surface area contributed by atoms with Gasteiger partial charge in [-0.2, -0.15) is 4.37 Å². The van der Waals surface area contributed by atoms with E-state index in [0.717, 1.165) is 0 Å². The van der Waals surface area contributed by atoms with Gasteiger partial charge >= 0.3 is 0 Å². The van der Waals surface area contributed by atoms with Crippen LogP contribution in [0.3, 0.4) is 0 Å². The monoisotopic (exact) mass is 191 g/mol. The summed E-state index contributed by atoms with van der Waals surface area (Å²) >= 11 is 1.55. The van der Waals surface area contributed by atoms with Crippen LogP contribution in [-0.2, 0) is 0 Å². The van der Waals surface area contributed by atoms with E-state index in [4.69, 9.17) is 0 Å². The van der Waals surface area contributed by atoms with E-state index < -0.39 is 0 Å². The summed E-state index contributed by atoms with van der Waals surface area (Å²) in [4.78, 5) is 0. The van der Waals surface area contributed by atoms with E-state index in [-0.39, 0.29) is 0 Å². The Morgan fingerprint density at radius 1 is 1.31 bits per heavy atom. The topological polar surface area (TPSA) is 12.9 Å². The van der Waals surface area contributed by atoms with E-state index in [1.165, 1.54) is 22.0 Å². The second-order valence-electron chi connectivity index (χ2n) is 3.70. The molecular weight excluding hydrogens is 178 g/mol. The van der Waals surface area contributed by atoms with Gasteiger partial charge in [0, 0.05) is 10.8 Å². The fraction of sp³-hybridized carbons (Fsp3) is 0.364. The Morgan fingerprint density at radius 2 is 2.08 bits per heavy atom.